The first kappa shape index (κ1) is 22.1. The zero-order chi connectivity index (χ0) is 22.6. The molecule has 0 bridgehead atoms. The molecule has 0 saturated carbocycles. The van der Waals surface area contributed by atoms with E-state index in [1.165, 1.54) is 0 Å². The number of carbonyl (C=O) groups is 3. The first-order valence-electron chi connectivity index (χ1n) is 9.97. The molecule has 1 aliphatic carbocycles. The van der Waals surface area contributed by atoms with Crippen molar-refractivity contribution in [2.45, 2.75) is 44.9 Å². The molecule has 1 aliphatic rings. The van der Waals surface area contributed by atoms with Crippen molar-refractivity contribution in [1.82, 2.24) is 10.6 Å². The van der Waals surface area contributed by atoms with Gasteiger partial charge in [-0.2, -0.15) is 0 Å². The predicted molar refractivity (Wildman–Crippen MR) is 114 cm³/mol. The van der Waals surface area contributed by atoms with Crippen LogP contribution in [0.4, 0.5) is 9.59 Å². The molecule has 1 unspecified atom stereocenters. The van der Waals surface area contributed by atoms with Crippen LogP contribution in [-0.4, -0.2) is 41.6 Å². The Bertz CT molecular complexity index is 937. The Morgan fingerprint density at radius 1 is 0.935 bits per heavy atom. The molecule has 8 nitrogen and oxygen atoms in total. The van der Waals surface area contributed by atoms with E-state index in [1.54, 1.807) is 20.8 Å². The van der Waals surface area contributed by atoms with Crippen LogP contribution in [0.2, 0.25) is 0 Å². The molecule has 0 aromatic heterocycles. The van der Waals surface area contributed by atoms with Crippen LogP contribution in [0, 0.1) is 0 Å². The van der Waals surface area contributed by atoms with E-state index in [2.05, 4.69) is 10.6 Å². The fourth-order valence-electron chi connectivity index (χ4n) is 3.54. The molecule has 1 atom stereocenters. The molecule has 3 rings (SSSR count). The number of amides is 2. The molecule has 2 amide bonds. The van der Waals surface area contributed by atoms with E-state index in [0.717, 1.165) is 22.3 Å². The van der Waals surface area contributed by atoms with Gasteiger partial charge in [0.05, 0.1) is 6.42 Å². The molecule has 2 aromatic carbocycles. The number of nitrogens with one attached hydrogen (secondary N) is 2. The molecule has 3 N–H and O–H groups in total. The number of rotatable bonds is 6. The van der Waals surface area contributed by atoms with Crippen molar-refractivity contribution in [1.29, 1.82) is 0 Å². The average molecular weight is 426 g/mol. The second kappa shape index (κ2) is 9.07. The van der Waals surface area contributed by atoms with Crippen molar-refractivity contribution in [3.8, 4) is 11.1 Å². The van der Waals surface area contributed by atoms with Crippen LogP contribution in [-0.2, 0) is 14.3 Å². The summed E-state index contributed by atoms with van der Waals surface area (Å²) in [5, 5.41) is 13.8. The molecule has 2 aromatic rings. The lowest BCUT2D eigenvalue weighted by Gasteiger charge is -2.23. The van der Waals surface area contributed by atoms with Gasteiger partial charge in [0, 0.05) is 5.92 Å². The third-order valence-corrected chi connectivity index (χ3v) is 4.71. The molecule has 8 heteroatoms. The number of carboxylic acids is 1. The lowest BCUT2D eigenvalue weighted by molar-refractivity contribution is -0.137. The summed E-state index contributed by atoms with van der Waals surface area (Å²) in [7, 11) is 0. The molecule has 0 saturated heterocycles. The van der Waals surface area contributed by atoms with E-state index < -0.39 is 36.3 Å². The summed E-state index contributed by atoms with van der Waals surface area (Å²) in [5.74, 6) is -1.32. The van der Waals surface area contributed by atoms with Gasteiger partial charge in [-0.25, -0.2) is 9.59 Å². The smallest absolute Gasteiger partial charge is 0.409 e. The summed E-state index contributed by atoms with van der Waals surface area (Å²) in [6.07, 6.45) is -3.37. The Labute approximate surface area is 180 Å². The number of carbonyl (C=O) groups excluding carboxylic acids is 2. The van der Waals surface area contributed by atoms with Gasteiger partial charge in [-0.3, -0.25) is 4.79 Å². The van der Waals surface area contributed by atoms with E-state index in [4.69, 9.17) is 14.6 Å². The molecular weight excluding hydrogens is 400 g/mol. The van der Waals surface area contributed by atoms with Gasteiger partial charge < -0.3 is 25.2 Å². The molecule has 0 spiro atoms. The molecule has 0 fully saturated rings. The van der Waals surface area contributed by atoms with Gasteiger partial charge in [-0.05, 0) is 43.0 Å². The van der Waals surface area contributed by atoms with Crippen molar-refractivity contribution < 1.29 is 29.0 Å². The number of benzene rings is 2. The van der Waals surface area contributed by atoms with Crippen LogP contribution in [0.25, 0.3) is 11.1 Å². The summed E-state index contributed by atoms with van der Waals surface area (Å²) < 4.78 is 10.5. The molecular formula is C23H26N2O6. The van der Waals surface area contributed by atoms with Gasteiger partial charge in [0.2, 0.25) is 0 Å². The lowest BCUT2D eigenvalue weighted by atomic mass is 9.98. The van der Waals surface area contributed by atoms with Crippen LogP contribution in [0.5, 0.6) is 0 Å². The average Bonchev–Trinajstić information content (AvgIpc) is 2.98. The van der Waals surface area contributed by atoms with Gasteiger partial charge in [-0.15, -0.1) is 0 Å². The second-order valence-corrected chi connectivity index (χ2v) is 8.27. The van der Waals surface area contributed by atoms with Gasteiger partial charge in [0.15, 0.2) is 0 Å². The number of fused-ring (bicyclic) bond motifs is 3. The highest BCUT2D eigenvalue weighted by Gasteiger charge is 2.29. The van der Waals surface area contributed by atoms with Crippen LogP contribution in [0.3, 0.4) is 0 Å². The number of ether oxygens (including phenoxy) is 2. The third-order valence-electron chi connectivity index (χ3n) is 4.71. The van der Waals surface area contributed by atoms with Crippen LogP contribution in [0.1, 0.15) is 44.2 Å². The van der Waals surface area contributed by atoms with Gasteiger partial charge in [0.1, 0.15) is 18.4 Å². The highest BCUT2D eigenvalue weighted by atomic mass is 16.6. The maximum atomic E-state index is 12.4. The topological polar surface area (TPSA) is 114 Å². The van der Waals surface area contributed by atoms with Crippen LogP contribution in [0.15, 0.2) is 48.5 Å². The monoisotopic (exact) mass is 426 g/mol. The molecule has 0 radical (unpaired) electrons. The Morgan fingerprint density at radius 2 is 1.45 bits per heavy atom. The summed E-state index contributed by atoms with van der Waals surface area (Å²) >= 11 is 0. The second-order valence-electron chi connectivity index (χ2n) is 8.27. The number of hydrogen-bond acceptors (Lipinski definition) is 5. The normalized spacial score (nSPS) is 13.5. The Kier molecular flexibility index (Phi) is 6.48. The zero-order valence-electron chi connectivity index (χ0n) is 17.7. The van der Waals surface area contributed by atoms with Crippen molar-refractivity contribution in [3.63, 3.8) is 0 Å². The summed E-state index contributed by atoms with van der Waals surface area (Å²) in [6.45, 7) is 5.11. The fraction of sp³-hybridized carbons (Fsp3) is 0.348. The van der Waals surface area contributed by atoms with Crippen molar-refractivity contribution in [3.05, 3.63) is 59.7 Å². The molecule has 0 heterocycles. The van der Waals surface area contributed by atoms with Crippen LogP contribution >= 0.6 is 0 Å². The molecule has 0 aliphatic heterocycles. The Morgan fingerprint density at radius 3 is 1.97 bits per heavy atom. The third kappa shape index (κ3) is 5.75. The minimum atomic E-state index is -1.19. The largest absolute Gasteiger partial charge is 0.481 e. The fourth-order valence-corrected chi connectivity index (χ4v) is 3.54. The van der Waals surface area contributed by atoms with E-state index in [9.17, 15) is 14.4 Å². The standard InChI is InChI=1S/C23H26N2O6/c1-23(2,3)31-22(29)25-19(12-20(26)27)24-21(28)30-13-18-16-10-6-4-8-14(16)15-9-5-7-11-17(15)18/h4-11,18-19H,12-13H2,1-3H3,(H,24,28)(H,25,29)(H,26,27). The highest BCUT2D eigenvalue weighted by molar-refractivity contribution is 5.79. The summed E-state index contributed by atoms with van der Waals surface area (Å²) in [4.78, 5) is 35.4. The minimum absolute atomic E-state index is 0.0755. The van der Waals surface area contributed by atoms with Gasteiger partial charge in [0.25, 0.3) is 0 Å². The number of alkyl carbamates (subject to hydrolysis) is 2. The number of carboxylic acid groups (broad SMARTS) is 1. The SMILES string of the molecule is CC(C)(C)OC(=O)NC(CC(=O)O)NC(=O)OCC1c2ccccc2-c2ccccc21. The maximum absolute atomic E-state index is 12.4. The first-order valence-corrected chi connectivity index (χ1v) is 9.97. The Balaban J connectivity index is 1.64. The van der Waals surface area contributed by atoms with E-state index in [-0.39, 0.29) is 12.5 Å². The van der Waals surface area contributed by atoms with Crippen molar-refractivity contribution >= 4 is 18.2 Å². The highest BCUT2D eigenvalue weighted by Crippen LogP contribution is 2.44. The van der Waals surface area contributed by atoms with Crippen molar-refractivity contribution in [2.24, 2.45) is 0 Å². The van der Waals surface area contributed by atoms with E-state index in [0.29, 0.717) is 0 Å². The van der Waals surface area contributed by atoms with Gasteiger partial charge in [-0.1, -0.05) is 48.5 Å². The molecule has 164 valence electrons. The zero-order valence-corrected chi connectivity index (χ0v) is 17.7. The predicted octanol–water partition coefficient (Wildman–Crippen LogP) is 3.85. The summed E-state index contributed by atoms with van der Waals surface area (Å²) in [5.41, 5.74) is 3.56. The molecule has 31 heavy (non-hydrogen) atoms. The van der Waals surface area contributed by atoms with Gasteiger partial charge >= 0.3 is 18.2 Å². The van der Waals surface area contributed by atoms with E-state index >= 15 is 0 Å². The maximum Gasteiger partial charge on any atom is 0.409 e. The Hall–Kier alpha value is -3.55. The minimum Gasteiger partial charge on any atom is -0.481 e. The summed E-state index contributed by atoms with van der Waals surface area (Å²) in [6, 6.07) is 15.9. The van der Waals surface area contributed by atoms with E-state index in [1.807, 2.05) is 48.5 Å². The van der Waals surface area contributed by atoms with Crippen LogP contribution < -0.4 is 10.6 Å². The first-order chi connectivity index (χ1) is 14.6. The number of aliphatic carboxylic acids is 1. The quantitative estimate of drug-likeness (QED) is 0.605. The van der Waals surface area contributed by atoms with Crippen molar-refractivity contribution in [2.75, 3.05) is 6.61 Å². The number of hydrogen-bond donors (Lipinski definition) is 3. The lowest BCUT2D eigenvalue weighted by Crippen LogP contribution is -2.50.